The van der Waals surface area contributed by atoms with Gasteiger partial charge in [-0.1, -0.05) is 13.3 Å². The van der Waals surface area contributed by atoms with Gasteiger partial charge in [0.15, 0.2) is 5.69 Å². The van der Waals surface area contributed by atoms with Gasteiger partial charge in [0.1, 0.15) is 5.82 Å². The van der Waals surface area contributed by atoms with Crippen LogP contribution in [0.1, 0.15) is 49.5 Å². The van der Waals surface area contributed by atoms with E-state index >= 15 is 0 Å². The van der Waals surface area contributed by atoms with Gasteiger partial charge in [0.05, 0.1) is 19.5 Å². The Morgan fingerprint density at radius 2 is 2.00 bits per heavy atom. The minimum Gasteiger partial charge on any atom is -0.464 e. The van der Waals surface area contributed by atoms with Gasteiger partial charge in [-0.05, 0) is 31.6 Å². The molecule has 0 aliphatic heterocycles. The first-order chi connectivity index (χ1) is 9.65. The Labute approximate surface area is 120 Å². The first kappa shape index (κ1) is 14.8. The fourth-order valence-corrected chi connectivity index (χ4v) is 2.84. The maximum Gasteiger partial charge on any atom is 0.358 e. The van der Waals surface area contributed by atoms with Crippen molar-refractivity contribution in [3.8, 4) is 0 Å². The normalized spacial score (nSPS) is 22.4. The van der Waals surface area contributed by atoms with Crippen LogP contribution in [0.5, 0.6) is 0 Å². The molecular weight excluding hydrogens is 254 g/mol. The first-order valence-electron chi connectivity index (χ1n) is 7.28. The van der Waals surface area contributed by atoms with Crippen LogP contribution in [0.25, 0.3) is 0 Å². The van der Waals surface area contributed by atoms with Crippen LogP contribution in [0, 0.1) is 5.92 Å². The highest BCUT2D eigenvalue weighted by Crippen LogP contribution is 2.30. The molecule has 0 spiro atoms. The lowest BCUT2D eigenvalue weighted by Gasteiger charge is -2.34. The molecule has 5 nitrogen and oxygen atoms in total. The van der Waals surface area contributed by atoms with Crippen molar-refractivity contribution in [2.45, 2.75) is 45.1 Å². The first-order valence-corrected chi connectivity index (χ1v) is 7.28. The molecule has 1 aromatic rings. The standard InChI is InChI=1S/C15H23N3O2/c1-4-11-5-7-12(8-6-11)18(2)14-10-16-13(9-17-14)15(19)20-3/h9-12H,4-8H2,1-3H3. The van der Waals surface area contributed by atoms with Gasteiger partial charge in [0.2, 0.25) is 0 Å². The average Bonchev–Trinajstić information content (AvgIpc) is 2.53. The van der Waals surface area contributed by atoms with Crippen molar-refractivity contribution >= 4 is 11.8 Å². The summed E-state index contributed by atoms with van der Waals surface area (Å²) in [4.78, 5) is 21.9. The minimum absolute atomic E-state index is 0.249. The van der Waals surface area contributed by atoms with E-state index in [2.05, 4.69) is 33.6 Å². The molecule has 0 radical (unpaired) electrons. The molecule has 0 atom stereocenters. The van der Waals surface area contributed by atoms with Crippen LogP contribution >= 0.6 is 0 Å². The van der Waals surface area contributed by atoms with Gasteiger partial charge < -0.3 is 9.64 Å². The summed E-state index contributed by atoms with van der Waals surface area (Å²) in [6, 6.07) is 0.524. The van der Waals surface area contributed by atoms with Crippen LogP contribution in [-0.4, -0.2) is 36.1 Å². The van der Waals surface area contributed by atoms with E-state index < -0.39 is 5.97 Å². The lowest BCUT2D eigenvalue weighted by atomic mass is 9.84. The van der Waals surface area contributed by atoms with Crippen molar-refractivity contribution < 1.29 is 9.53 Å². The molecule has 1 aliphatic rings. The Morgan fingerprint density at radius 1 is 1.30 bits per heavy atom. The van der Waals surface area contributed by atoms with Crippen molar-refractivity contribution in [2.24, 2.45) is 5.92 Å². The van der Waals surface area contributed by atoms with Gasteiger partial charge in [0, 0.05) is 13.1 Å². The quantitative estimate of drug-likeness (QED) is 0.792. The highest BCUT2D eigenvalue weighted by molar-refractivity contribution is 5.86. The lowest BCUT2D eigenvalue weighted by Crippen LogP contribution is -2.35. The van der Waals surface area contributed by atoms with Gasteiger partial charge >= 0.3 is 5.97 Å². The zero-order chi connectivity index (χ0) is 14.5. The second-order valence-electron chi connectivity index (χ2n) is 5.45. The molecule has 110 valence electrons. The van der Waals surface area contributed by atoms with Crippen molar-refractivity contribution in [3.05, 3.63) is 18.1 Å². The number of aromatic nitrogens is 2. The van der Waals surface area contributed by atoms with Gasteiger partial charge in [-0.15, -0.1) is 0 Å². The number of methoxy groups -OCH3 is 1. The smallest absolute Gasteiger partial charge is 0.358 e. The summed E-state index contributed by atoms with van der Waals surface area (Å²) in [6.07, 6.45) is 9.40. The predicted molar refractivity (Wildman–Crippen MR) is 77.8 cm³/mol. The Bertz CT molecular complexity index is 439. The number of hydrogen-bond acceptors (Lipinski definition) is 5. The maximum atomic E-state index is 11.3. The third-order valence-corrected chi connectivity index (χ3v) is 4.34. The number of carbonyl (C=O) groups is 1. The van der Waals surface area contributed by atoms with E-state index in [9.17, 15) is 4.79 Å². The van der Waals surface area contributed by atoms with Gasteiger partial charge in [-0.25, -0.2) is 14.8 Å². The van der Waals surface area contributed by atoms with Crippen molar-refractivity contribution in [1.29, 1.82) is 0 Å². The third kappa shape index (κ3) is 3.26. The molecule has 1 aromatic heterocycles. The topological polar surface area (TPSA) is 55.3 Å². The summed E-state index contributed by atoms with van der Waals surface area (Å²) in [6.45, 7) is 2.27. The second-order valence-corrected chi connectivity index (χ2v) is 5.45. The Kier molecular flexibility index (Phi) is 4.93. The fourth-order valence-electron chi connectivity index (χ4n) is 2.84. The number of rotatable bonds is 4. The fraction of sp³-hybridized carbons (Fsp3) is 0.667. The molecule has 1 fully saturated rings. The molecule has 1 heterocycles. The minimum atomic E-state index is -0.449. The van der Waals surface area contributed by atoms with Gasteiger partial charge in [0.25, 0.3) is 0 Å². The predicted octanol–water partition coefficient (Wildman–Crippen LogP) is 2.67. The summed E-state index contributed by atoms with van der Waals surface area (Å²) >= 11 is 0. The molecule has 0 amide bonds. The molecule has 5 heteroatoms. The Hall–Kier alpha value is -1.65. The van der Waals surface area contributed by atoms with Crippen LogP contribution in [-0.2, 0) is 4.74 Å². The molecule has 0 unspecified atom stereocenters. The monoisotopic (exact) mass is 277 g/mol. The maximum absolute atomic E-state index is 11.3. The van der Waals surface area contributed by atoms with E-state index in [4.69, 9.17) is 0 Å². The molecule has 0 saturated heterocycles. The van der Waals surface area contributed by atoms with Crippen LogP contribution in [0.3, 0.4) is 0 Å². The average molecular weight is 277 g/mol. The SMILES string of the molecule is CCC1CCC(N(C)c2cnc(C(=O)OC)cn2)CC1. The number of anilines is 1. The Morgan fingerprint density at radius 3 is 2.50 bits per heavy atom. The number of ether oxygens (including phenoxy) is 1. The number of nitrogens with zero attached hydrogens (tertiary/aromatic N) is 3. The zero-order valence-electron chi connectivity index (χ0n) is 12.5. The lowest BCUT2D eigenvalue weighted by molar-refractivity contribution is 0.0593. The molecule has 0 N–H and O–H groups in total. The summed E-state index contributed by atoms with van der Waals surface area (Å²) in [5.41, 5.74) is 0.249. The van der Waals surface area contributed by atoms with Crippen LogP contribution in [0.4, 0.5) is 5.82 Å². The number of carbonyl (C=O) groups excluding carboxylic acids is 1. The molecule has 2 rings (SSSR count). The summed E-state index contributed by atoms with van der Waals surface area (Å²) in [5, 5.41) is 0. The van der Waals surface area contributed by atoms with E-state index in [1.165, 1.54) is 45.4 Å². The van der Waals surface area contributed by atoms with Gasteiger partial charge in [-0.2, -0.15) is 0 Å². The van der Waals surface area contributed by atoms with Crippen molar-refractivity contribution in [3.63, 3.8) is 0 Å². The molecule has 0 bridgehead atoms. The molecule has 20 heavy (non-hydrogen) atoms. The van der Waals surface area contributed by atoms with Crippen molar-refractivity contribution in [2.75, 3.05) is 19.1 Å². The van der Waals surface area contributed by atoms with Crippen LogP contribution in [0.15, 0.2) is 12.4 Å². The summed E-state index contributed by atoms with van der Waals surface area (Å²) < 4.78 is 4.62. The van der Waals surface area contributed by atoms with E-state index in [1.54, 1.807) is 6.20 Å². The third-order valence-electron chi connectivity index (χ3n) is 4.34. The van der Waals surface area contributed by atoms with E-state index in [1.807, 2.05) is 0 Å². The van der Waals surface area contributed by atoms with Gasteiger partial charge in [-0.3, -0.25) is 0 Å². The highest BCUT2D eigenvalue weighted by atomic mass is 16.5. The largest absolute Gasteiger partial charge is 0.464 e. The number of esters is 1. The molecular formula is C15H23N3O2. The van der Waals surface area contributed by atoms with Crippen LogP contribution < -0.4 is 4.90 Å². The molecule has 1 saturated carbocycles. The van der Waals surface area contributed by atoms with E-state index in [0.717, 1.165) is 11.7 Å². The summed E-state index contributed by atoms with van der Waals surface area (Å²) in [7, 11) is 3.40. The molecule has 1 aliphatic carbocycles. The van der Waals surface area contributed by atoms with E-state index in [0.29, 0.717) is 6.04 Å². The summed E-state index contributed by atoms with van der Waals surface area (Å²) in [5.74, 6) is 1.25. The second kappa shape index (κ2) is 6.68. The van der Waals surface area contributed by atoms with E-state index in [-0.39, 0.29) is 5.69 Å². The Balaban J connectivity index is 1.99. The highest BCUT2D eigenvalue weighted by Gasteiger charge is 2.24. The van der Waals surface area contributed by atoms with Crippen LogP contribution in [0.2, 0.25) is 0 Å². The zero-order valence-corrected chi connectivity index (χ0v) is 12.5. The van der Waals surface area contributed by atoms with Crippen molar-refractivity contribution in [1.82, 2.24) is 9.97 Å². The number of hydrogen-bond donors (Lipinski definition) is 0. The molecule has 0 aromatic carbocycles.